The summed E-state index contributed by atoms with van der Waals surface area (Å²) in [5.74, 6) is -0.399. The van der Waals surface area contributed by atoms with Crippen LogP contribution in [0.2, 0.25) is 0 Å². The number of carbonyl (C=O) groups is 1. The number of rotatable bonds is 2. The maximum atomic E-state index is 10.0. The SMILES string of the molecule is O=CCc1cccc(O)c1O. The standard InChI is InChI=1S/C8H8O3/c9-5-4-6-2-1-3-7(10)8(6)11/h1-3,5,10-11H,4H2. The molecule has 3 nitrogen and oxygen atoms in total. The summed E-state index contributed by atoms with van der Waals surface area (Å²) >= 11 is 0. The van der Waals surface area contributed by atoms with Gasteiger partial charge >= 0.3 is 0 Å². The van der Waals surface area contributed by atoms with Gasteiger partial charge in [0.25, 0.3) is 0 Å². The van der Waals surface area contributed by atoms with Crippen LogP contribution in [-0.4, -0.2) is 16.5 Å². The zero-order valence-electron chi connectivity index (χ0n) is 5.82. The molecule has 2 N–H and O–H groups in total. The van der Waals surface area contributed by atoms with Crippen molar-refractivity contribution in [1.29, 1.82) is 0 Å². The minimum atomic E-state index is -0.209. The van der Waals surface area contributed by atoms with Crippen molar-refractivity contribution in [3.8, 4) is 11.5 Å². The third kappa shape index (κ3) is 1.49. The number of phenols is 2. The third-order valence-electron chi connectivity index (χ3n) is 1.40. The molecule has 3 heteroatoms. The summed E-state index contributed by atoms with van der Waals surface area (Å²) in [7, 11) is 0. The minimum absolute atomic E-state index is 0.125. The smallest absolute Gasteiger partial charge is 0.161 e. The molecule has 1 aromatic carbocycles. The Morgan fingerprint density at radius 1 is 1.36 bits per heavy atom. The van der Waals surface area contributed by atoms with E-state index in [1.165, 1.54) is 6.07 Å². The first kappa shape index (κ1) is 7.60. The van der Waals surface area contributed by atoms with Gasteiger partial charge in [-0.15, -0.1) is 0 Å². The fraction of sp³-hybridized carbons (Fsp3) is 0.125. The van der Waals surface area contributed by atoms with Gasteiger partial charge < -0.3 is 15.0 Å². The van der Waals surface area contributed by atoms with E-state index in [4.69, 9.17) is 10.2 Å². The molecule has 11 heavy (non-hydrogen) atoms. The second-order valence-electron chi connectivity index (χ2n) is 2.16. The second-order valence-corrected chi connectivity index (χ2v) is 2.16. The van der Waals surface area contributed by atoms with E-state index >= 15 is 0 Å². The van der Waals surface area contributed by atoms with E-state index < -0.39 is 0 Å². The summed E-state index contributed by atoms with van der Waals surface area (Å²) in [6.45, 7) is 0. The third-order valence-corrected chi connectivity index (χ3v) is 1.40. The molecule has 0 aliphatic rings. The molecule has 0 aliphatic heterocycles. The number of aromatic hydroxyl groups is 2. The van der Waals surface area contributed by atoms with Crippen LogP contribution in [-0.2, 0) is 11.2 Å². The molecule has 0 amide bonds. The van der Waals surface area contributed by atoms with Gasteiger partial charge in [0, 0.05) is 12.0 Å². The van der Waals surface area contributed by atoms with Gasteiger partial charge in [-0.25, -0.2) is 0 Å². The number of hydrogen-bond donors (Lipinski definition) is 2. The van der Waals surface area contributed by atoms with Gasteiger partial charge in [0.1, 0.15) is 6.29 Å². The molecule has 0 bridgehead atoms. The van der Waals surface area contributed by atoms with Gasteiger partial charge in [0.05, 0.1) is 0 Å². The van der Waals surface area contributed by atoms with Crippen molar-refractivity contribution in [2.24, 2.45) is 0 Å². The van der Waals surface area contributed by atoms with Gasteiger partial charge in [0.15, 0.2) is 11.5 Å². The number of hydrogen-bond acceptors (Lipinski definition) is 3. The Balaban J connectivity index is 3.05. The van der Waals surface area contributed by atoms with E-state index in [2.05, 4.69) is 0 Å². The van der Waals surface area contributed by atoms with Crippen molar-refractivity contribution in [3.05, 3.63) is 23.8 Å². The molecule has 0 saturated heterocycles. The van der Waals surface area contributed by atoms with E-state index in [-0.39, 0.29) is 17.9 Å². The predicted molar refractivity (Wildman–Crippen MR) is 39.5 cm³/mol. The number of phenolic OH excluding ortho intramolecular Hbond substituents is 2. The van der Waals surface area contributed by atoms with E-state index in [0.29, 0.717) is 11.8 Å². The summed E-state index contributed by atoms with van der Waals surface area (Å²) in [6, 6.07) is 4.53. The zero-order chi connectivity index (χ0) is 8.27. The maximum Gasteiger partial charge on any atom is 0.161 e. The molecule has 0 atom stereocenters. The van der Waals surface area contributed by atoms with Crippen molar-refractivity contribution in [2.45, 2.75) is 6.42 Å². The lowest BCUT2D eigenvalue weighted by atomic mass is 10.1. The van der Waals surface area contributed by atoms with Crippen molar-refractivity contribution in [3.63, 3.8) is 0 Å². The number of para-hydroxylation sites is 1. The Hall–Kier alpha value is -1.51. The number of carbonyl (C=O) groups excluding carboxylic acids is 1. The van der Waals surface area contributed by atoms with E-state index in [0.717, 1.165) is 0 Å². The molecule has 0 heterocycles. The van der Waals surface area contributed by atoms with Crippen molar-refractivity contribution in [2.75, 3.05) is 0 Å². The highest BCUT2D eigenvalue weighted by Gasteiger charge is 2.03. The average molecular weight is 152 g/mol. The highest BCUT2D eigenvalue weighted by molar-refractivity contribution is 5.59. The largest absolute Gasteiger partial charge is 0.504 e. The lowest BCUT2D eigenvalue weighted by Gasteiger charge is -2.00. The molecule has 0 fully saturated rings. The molecule has 0 saturated carbocycles. The summed E-state index contributed by atoms with van der Waals surface area (Å²) in [4.78, 5) is 10.0. The molecule has 0 radical (unpaired) electrons. The zero-order valence-corrected chi connectivity index (χ0v) is 5.82. The summed E-state index contributed by atoms with van der Waals surface area (Å²) in [5.41, 5.74) is 0.444. The maximum absolute atomic E-state index is 10.0. The molecular weight excluding hydrogens is 144 g/mol. The monoisotopic (exact) mass is 152 g/mol. The van der Waals surface area contributed by atoms with Gasteiger partial charge in [-0.1, -0.05) is 12.1 Å². The predicted octanol–water partition coefficient (Wildman–Crippen LogP) is 0.839. The Morgan fingerprint density at radius 3 is 2.73 bits per heavy atom. The Kier molecular flexibility index (Phi) is 2.11. The fourth-order valence-corrected chi connectivity index (χ4v) is 0.832. The quantitative estimate of drug-likeness (QED) is 0.487. The molecule has 0 unspecified atom stereocenters. The van der Waals surface area contributed by atoms with Crippen LogP contribution in [0.1, 0.15) is 5.56 Å². The van der Waals surface area contributed by atoms with Crippen LogP contribution >= 0.6 is 0 Å². The van der Waals surface area contributed by atoms with Crippen molar-refractivity contribution < 1.29 is 15.0 Å². The van der Waals surface area contributed by atoms with Crippen LogP contribution in [0, 0.1) is 0 Å². The van der Waals surface area contributed by atoms with Gasteiger partial charge in [-0.2, -0.15) is 0 Å². The Bertz CT molecular complexity index is 268. The van der Waals surface area contributed by atoms with Crippen LogP contribution in [0.4, 0.5) is 0 Å². The summed E-state index contributed by atoms with van der Waals surface area (Å²) < 4.78 is 0. The first-order valence-electron chi connectivity index (χ1n) is 3.19. The van der Waals surface area contributed by atoms with Gasteiger partial charge in [-0.05, 0) is 6.07 Å². The lowest BCUT2D eigenvalue weighted by molar-refractivity contribution is -0.107. The van der Waals surface area contributed by atoms with Crippen LogP contribution in [0.5, 0.6) is 11.5 Å². The molecule has 58 valence electrons. The fourth-order valence-electron chi connectivity index (χ4n) is 0.832. The van der Waals surface area contributed by atoms with Crippen LogP contribution in [0.25, 0.3) is 0 Å². The van der Waals surface area contributed by atoms with Crippen molar-refractivity contribution in [1.82, 2.24) is 0 Å². The number of benzene rings is 1. The van der Waals surface area contributed by atoms with Crippen molar-refractivity contribution >= 4 is 6.29 Å². The van der Waals surface area contributed by atoms with Gasteiger partial charge in [-0.3, -0.25) is 0 Å². The molecular formula is C8H8O3. The topological polar surface area (TPSA) is 57.5 Å². The van der Waals surface area contributed by atoms with Crippen LogP contribution in [0.3, 0.4) is 0 Å². The highest BCUT2D eigenvalue weighted by Crippen LogP contribution is 2.27. The van der Waals surface area contributed by atoms with Crippen LogP contribution in [0.15, 0.2) is 18.2 Å². The Morgan fingerprint density at radius 2 is 2.09 bits per heavy atom. The summed E-state index contributed by atoms with van der Waals surface area (Å²) in [5, 5.41) is 18.1. The van der Waals surface area contributed by atoms with E-state index in [9.17, 15) is 4.79 Å². The Labute approximate surface area is 63.9 Å². The average Bonchev–Trinajstić information content (AvgIpc) is 1.99. The molecule has 1 aromatic rings. The lowest BCUT2D eigenvalue weighted by Crippen LogP contribution is -1.85. The van der Waals surface area contributed by atoms with Gasteiger partial charge in [0.2, 0.25) is 0 Å². The van der Waals surface area contributed by atoms with Crippen LogP contribution < -0.4 is 0 Å². The molecule has 1 rings (SSSR count). The molecule has 0 spiro atoms. The highest BCUT2D eigenvalue weighted by atomic mass is 16.3. The molecule has 0 aliphatic carbocycles. The van der Waals surface area contributed by atoms with E-state index in [1.54, 1.807) is 12.1 Å². The van der Waals surface area contributed by atoms with E-state index in [1.807, 2.05) is 0 Å². The number of aldehydes is 1. The summed E-state index contributed by atoms with van der Waals surface area (Å²) in [6.07, 6.45) is 0.800. The normalized spacial score (nSPS) is 9.45. The minimum Gasteiger partial charge on any atom is -0.504 e. The first-order chi connectivity index (χ1) is 5.25. The first-order valence-corrected chi connectivity index (χ1v) is 3.19. The second kappa shape index (κ2) is 3.05. The molecule has 0 aromatic heterocycles.